The molecule has 3 fully saturated rings. The standard InChI is InChI=1S/C17H31NO2/c1-2-18-14-16(9-11-19-12-10-16)13-15-5-8-17(20-15)6-3-4-7-17/h15,18H,2-14H2,1H3. The molecular weight excluding hydrogens is 250 g/mol. The Balaban J connectivity index is 1.58. The monoisotopic (exact) mass is 281 g/mol. The molecule has 1 aliphatic carbocycles. The number of rotatable bonds is 5. The zero-order valence-corrected chi connectivity index (χ0v) is 13.1. The van der Waals surface area contributed by atoms with Crippen LogP contribution in [0.15, 0.2) is 0 Å². The fourth-order valence-electron chi connectivity index (χ4n) is 4.56. The van der Waals surface area contributed by atoms with Crippen LogP contribution in [0.1, 0.15) is 64.7 Å². The minimum Gasteiger partial charge on any atom is -0.381 e. The molecule has 0 aromatic heterocycles. The van der Waals surface area contributed by atoms with Gasteiger partial charge in [0.15, 0.2) is 0 Å². The highest BCUT2D eigenvalue weighted by atomic mass is 16.5. The van der Waals surface area contributed by atoms with Crippen molar-refractivity contribution in [3.8, 4) is 0 Å². The van der Waals surface area contributed by atoms with Crippen molar-refractivity contribution in [2.45, 2.75) is 76.4 Å². The Labute approximate surface area is 123 Å². The van der Waals surface area contributed by atoms with Crippen molar-refractivity contribution >= 4 is 0 Å². The third kappa shape index (κ3) is 3.20. The molecule has 1 N–H and O–H groups in total. The predicted molar refractivity (Wildman–Crippen MR) is 81.0 cm³/mol. The second kappa shape index (κ2) is 6.33. The van der Waals surface area contributed by atoms with Gasteiger partial charge in [0.1, 0.15) is 0 Å². The second-order valence-corrected chi connectivity index (χ2v) is 7.27. The van der Waals surface area contributed by atoms with Gasteiger partial charge in [-0.3, -0.25) is 0 Å². The Bertz CT molecular complexity index is 306. The molecule has 1 atom stereocenters. The van der Waals surface area contributed by atoms with Crippen molar-refractivity contribution in [2.24, 2.45) is 5.41 Å². The van der Waals surface area contributed by atoms with E-state index in [-0.39, 0.29) is 5.60 Å². The number of ether oxygens (including phenoxy) is 2. The van der Waals surface area contributed by atoms with E-state index in [4.69, 9.17) is 9.47 Å². The smallest absolute Gasteiger partial charge is 0.0687 e. The van der Waals surface area contributed by atoms with Gasteiger partial charge in [-0.2, -0.15) is 0 Å². The van der Waals surface area contributed by atoms with E-state index in [1.54, 1.807) is 0 Å². The molecule has 20 heavy (non-hydrogen) atoms. The molecule has 0 radical (unpaired) electrons. The first-order valence-corrected chi connectivity index (χ1v) is 8.72. The SMILES string of the molecule is CCNCC1(CC2CCC3(CCCC3)O2)CCOCC1. The zero-order valence-electron chi connectivity index (χ0n) is 13.1. The summed E-state index contributed by atoms with van der Waals surface area (Å²) in [4.78, 5) is 0. The highest BCUT2D eigenvalue weighted by molar-refractivity contribution is 4.96. The van der Waals surface area contributed by atoms with E-state index in [2.05, 4.69) is 12.2 Å². The van der Waals surface area contributed by atoms with Crippen molar-refractivity contribution in [2.75, 3.05) is 26.3 Å². The first-order valence-electron chi connectivity index (χ1n) is 8.72. The lowest BCUT2D eigenvalue weighted by molar-refractivity contribution is -0.0703. The topological polar surface area (TPSA) is 30.5 Å². The van der Waals surface area contributed by atoms with Gasteiger partial charge in [-0.15, -0.1) is 0 Å². The Morgan fingerprint density at radius 2 is 1.80 bits per heavy atom. The first kappa shape index (κ1) is 14.8. The van der Waals surface area contributed by atoms with Gasteiger partial charge in [-0.05, 0) is 56.9 Å². The summed E-state index contributed by atoms with van der Waals surface area (Å²) < 4.78 is 12.1. The zero-order chi connectivity index (χ0) is 13.9. The van der Waals surface area contributed by atoms with Gasteiger partial charge in [0, 0.05) is 19.8 Å². The van der Waals surface area contributed by atoms with Crippen molar-refractivity contribution in [3.05, 3.63) is 0 Å². The lowest BCUT2D eigenvalue weighted by atomic mass is 9.75. The first-order chi connectivity index (χ1) is 9.76. The molecule has 0 aromatic rings. The Morgan fingerprint density at radius 3 is 2.50 bits per heavy atom. The second-order valence-electron chi connectivity index (χ2n) is 7.27. The van der Waals surface area contributed by atoms with Gasteiger partial charge in [-0.25, -0.2) is 0 Å². The predicted octanol–water partition coefficient (Wildman–Crippen LogP) is 3.27. The summed E-state index contributed by atoms with van der Waals surface area (Å²) in [6, 6.07) is 0. The molecule has 3 heteroatoms. The van der Waals surface area contributed by atoms with Crippen LogP contribution in [0.4, 0.5) is 0 Å². The van der Waals surface area contributed by atoms with E-state index in [1.165, 1.54) is 57.8 Å². The van der Waals surface area contributed by atoms with Crippen LogP contribution < -0.4 is 5.32 Å². The molecule has 1 unspecified atom stereocenters. The number of hydrogen-bond acceptors (Lipinski definition) is 3. The van der Waals surface area contributed by atoms with E-state index in [0.29, 0.717) is 11.5 Å². The molecule has 2 heterocycles. The minimum absolute atomic E-state index is 0.287. The maximum Gasteiger partial charge on any atom is 0.0687 e. The normalized spacial score (nSPS) is 31.9. The highest BCUT2D eigenvalue weighted by Crippen LogP contribution is 2.47. The van der Waals surface area contributed by atoms with E-state index >= 15 is 0 Å². The van der Waals surface area contributed by atoms with Gasteiger partial charge in [0.05, 0.1) is 11.7 Å². The lowest BCUT2D eigenvalue weighted by Gasteiger charge is -2.39. The summed E-state index contributed by atoms with van der Waals surface area (Å²) in [7, 11) is 0. The Morgan fingerprint density at radius 1 is 1.05 bits per heavy atom. The Kier molecular flexibility index (Phi) is 4.68. The van der Waals surface area contributed by atoms with Crippen molar-refractivity contribution < 1.29 is 9.47 Å². The molecule has 3 rings (SSSR count). The maximum absolute atomic E-state index is 6.55. The van der Waals surface area contributed by atoms with Crippen molar-refractivity contribution in [1.82, 2.24) is 5.32 Å². The van der Waals surface area contributed by atoms with E-state index in [9.17, 15) is 0 Å². The summed E-state index contributed by atoms with van der Waals surface area (Å²) in [5.74, 6) is 0. The van der Waals surface area contributed by atoms with Crippen LogP contribution in [0.5, 0.6) is 0 Å². The summed E-state index contributed by atoms with van der Waals surface area (Å²) in [5, 5.41) is 3.58. The van der Waals surface area contributed by atoms with Crippen LogP contribution in [0.3, 0.4) is 0 Å². The maximum atomic E-state index is 6.55. The van der Waals surface area contributed by atoms with Crippen LogP contribution in [0.25, 0.3) is 0 Å². The molecule has 3 aliphatic rings. The quantitative estimate of drug-likeness (QED) is 0.839. The molecule has 3 nitrogen and oxygen atoms in total. The summed E-state index contributed by atoms with van der Waals surface area (Å²) in [6.45, 7) is 6.27. The molecule has 0 bridgehead atoms. The molecule has 0 amide bonds. The van der Waals surface area contributed by atoms with E-state index in [1.807, 2.05) is 0 Å². The summed E-state index contributed by atoms with van der Waals surface area (Å²) in [5.41, 5.74) is 0.707. The van der Waals surface area contributed by atoms with Crippen LogP contribution in [0, 0.1) is 5.41 Å². The fourth-order valence-corrected chi connectivity index (χ4v) is 4.56. The highest BCUT2D eigenvalue weighted by Gasteiger charge is 2.45. The average molecular weight is 281 g/mol. The fraction of sp³-hybridized carbons (Fsp3) is 1.00. The molecule has 1 spiro atoms. The molecule has 2 saturated heterocycles. The van der Waals surface area contributed by atoms with Gasteiger partial charge in [0.2, 0.25) is 0 Å². The third-order valence-electron chi connectivity index (χ3n) is 5.82. The largest absolute Gasteiger partial charge is 0.381 e. The average Bonchev–Trinajstić information content (AvgIpc) is 3.08. The molecule has 0 aromatic carbocycles. The van der Waals surface area contributed by atoms with Crippen molar-refractivity contribution in [3.63, 3.8) is 0 Å². The third-order valence-corrected chi connectivity index (χ3v) is 5.82. The van der Waals surface area contributed by atoms with Crippen LogP contribution in [-0.4, -0.2) is 38.0 Å². The van der Waals surface area contributed by atoms with E-state index in [0.717, 1.165) is 26.3 Å². The molecular formula is C17H31NO2. The summed E-state index contributed by atoms with van der Waals surface area (Å²) >= 11 is 0. The van der Waals surface area contributed by atoms with Gasteiger partial charge < -0.3 is 14.8 Å². The molecule has 1 saturated carbocycles. The van der Waals surface area contributed by atoms with E-state index < -0.39 is 0 Å². The molecule has 116 valence electrons. The Hall–Kier alpha value is -0.120. The summed E-state index contributed by atoms with van der Waals surface area (Å²) in [6.07, 6.45) is 12.1. The number of nitrogens with one attached hydrogen (secondary N) is 1. The van der Waals surface area contributed by atoms with Gasteiger partial charge in [-0.1, -0.05) is 19.8 Å². The van der Waals surface area contributed by atoms with Crippen molar-refractivity contribution in [1.29, 1.82) is 0 Å². The van der Waals surface area contributed by atoms with Crippen LogP contribution >= 0.6 is 0 Å². The van der Waals surface area contributed by atoms with Crippen LogP contribution in [0.2, 0.25) is 0 Å². The molecule has 2 aliphatic heterocycles. The minimum atomic E-state index is 0.287. The lowest BCUT2D eigenvalue weighted by Crippen LogP contribution is -2.42. The van der Waals surface area contributed by atoms with Gasteiger partial charge in [0.25, 0.3) is 0 Å². The van der Waals surface area contributed by atoms with Gasteiger partial charge >= 0.3 is 0 Å². The van der Waals surface area contributed by atoms with Crippen LogP contribution in [-0.2, 0) is 9.47 Å². The number of hydrogen-bond donors (Lipinski definition) is 1.